The fourth-order valence-corrected chi connectivity index (χ4v) is 3.28. The molecule has 0 aliphatic carbocycles. The first kappa shape index (κ1) is 16.9. The van der Waals surface area contributed by atoms with Crippen LogP contribution in [-0.4, -0.2) is 27.7 Å². The second-order valence-electron chi connectivity index (χ2n) is 5.17. The molecule has 0 bridgehead atoms. The first-order valence-electron chi connectivity index (χ1n) is 7.68. The average Bonchev–Trinajstić information content (AvgIpc) is 2.97. The lowest BCUT2D eigenvalue weighted by Gasteiger charge is -2.06. The van der Waals surface area contributed by atoms with E-state index in [2.05, 4.69) is 38.3 Å². The van der Waals surface area contributed by atoms with Gasteiger partial charge in [0.1, 0.15) is 12.4 Å². The fraction of sp³-hybridized carbons (Fsp3) is 0.312. The van der Waals surface area contributed by atoms with Gasteiger partial charge in [-0.1, -0.05) is 40.6 Å². The van der Waals surface area contributed by atoms with Gasteiger partial charge in [-0.3, -0.25) is 4.79 Å². The van der Waals surface area contributed by atoms with Crippen molar-refractivity contribution in [2.24, 2.45) is 0 Å². The maximum Gasteiger partial charge on any atom is 0.275 e. The molecule has 0 amide bonds. The Balaban J connectivity index is 1.60. The quantitative estimate of drug-likeness (QED) is 0.607. The van der Waals surface area contributed by atoms with Crippen molar-refractivity contribution in [3.05, 3.63) is 50.9 Å². The first-order valence-corrected chi connectivity index (χ1v) is 9.28. The van der Waals surface area contributed by atoms with Crippen LogP contribution < -0.4 is 15.6 Å². The topological polar surface area (TPSA) is 68.5 Å². The van der Waals surface area contributed by atoms with Crippen molar-refractivity contribution in [2.75, 3.05) is 18.5 Å². The lowest BCUT2D eigenvalue weighted by Crippen LogP contribution is -2.16. The van der Waals surface area contributed by atoms with Gasteiger partial charge in [-0.25, -0.2) is 4.98 Å². The van der Waals surface area contributed by atoms with Crippen LogP contribution in [0.2, 0.25) is 0 Å². The first-order chi connectivity index (χ1) is 11.7. The molecular weight excluding hydrogens is 392 g/mol. The van der Waals surface area contributed by atoms with Crippen LogP contribution in [0.5, 0.6) is 5.75 Å². The largest absolute Gasteiger partial charge is 0.492 e. The Hall–Kier alpha value is -1.93. The summed E-state index contributed by atoms with van der Waals surface area (Å²) in [6.45, 7) is 3.15. The summed E-state index contributed by atoms with van der Waals surface area (Å²) in [5, 5.41) is 8.08. The molecule has 0 saturated heterocycles. The third-order valence-corrected chi connectivity index (χ3v) is 4.66. The highest BCUT2D eigenvalue weighted by Crippen LogP contribution is 2.18. The molecule has 0 fully saturated rings. The summed E-state index contributed by atoms with van der Waals surface area (Å²) in [4.78, 5) is 17.1. The van der Waals surface area contributed by atoms with Crippen LogP contribution in [0, 0.1) is 0 Å². The van der Waals surface area contributed by atoms with Crippen molar-refractivity contribution >= 4 is 37.4 Å². The maximum atomic E-state index is 12.0. The molecule has 3 rings (SSSR count). The normalized spacial score (nSPS) is 10.9. The predicted octanol–water partition coefficient (Wildman–Crippen LogP) is 3.36. The third kappa shape index (κ3) is 4.12. The van der Waals surface area contributed by atoms with Crippen LogP contribution in [-0.2, 0) is 6.42 Å². The number of rotatable bonds is 7. The number of benzene rings is 1. The lowest BCUT2D eigenvalue weighted by molar-refractivity contribution is 0.333. The van der Waals surface area contributed by atoms with E-state index in [1.807, 2.05) is 24.3 Å². The molecule has 0 atom stereocenters. The highest BCUT2D eigenvalue weighted by molar-refractivity contribution is 9.10. The molecule has 0 unspecified atom stereocenters. The van der Waals surface area contributed by atoms with Gasteiger partial charge in [-0.2, -0.15) is 4.52 Å². The molecule has 2 aromatic heterocycles. The minimum atomic E-state index is -0.140. The van der Waals surface area contributed by atoms with Crippen LogP contribution in [0.25, 0.3) is 4.96 Å². The number of aryl methyl sites for hydroxylation is 1. The van der Waals surface area contributed by atoms with Gasteiger partial charge in [-0.05, 0) is 30.7 Å². The summed E-state index contributed by atoms with van der Waals surface area (Å²) in [7, 11) is 0. The summed E-state index contributed by atoms with van der Waals surface area (Å²) in [6, 6.07) is 9.22. The van der Waals surface area contributed by atoms with Gasteiger partial charge in [0.25, 0.3) is 5.56 Å². The molecule has 1 aromatic carbocycles. The Bertz CT molecular complexity index is 876. The number of halogens is 1. The second-order valence-corrected chi connectivity index (χ2v) is 7.04. The minimum Gasteiger partial charge on any atom is -0.492 e. The number of hydrogen-bond donors (Lipinski definition) is 1. The molecule has 3 aromatic rings. The fourth-order valence-electron chi connectivity index (χ4n) is 2.17. The monoisotopic (exact) mass is 408 g/mol. The Morgan fingerprint density at radius 3 is 2.88 bits per heavy atom. The molecule has 6 nitrogen and oxygen atoms in total. The van der Waals surface area contributed by atoms with E-state index in [4.69, 9.17) is 4.74 Å². The van der Waals surface area contributed by atoms with E-state index in [-0.39, 0.29) is 5.56 Å². The third-order valence-electron chi connectivity index (χ3n) is 3.26. The molecule has 0 saturated carbocycles. The van der Waals surface area contributed by atoms with E-state index >= 15 is 0 Å². The number of hydrogen-bond acceptors (Lipinski definition) is 6. The Kier molecular flexibility index (Phi) is 5.47. The van der Waals surface area contributed by atoms with E-state index in [0.29, 0.717) is 23.2 Å². The van der Waals surface area contributed by atoms with Crippen LogP contribution in [0.1, 0.15) is 19.0 Å². The van der Waals surface area contributed by atoms with Crippen molar-refractivity contribution < 1.29 is 4.74 Å². The molecular formula is C16H17BrN4O2S. The summed E-state index contributed by atoms with van der Waals surface area (Å²) in [5.41, 5.74) is 0.676. The molecule has 2 heterocycles. The molecule has 8 heteroatoms. The van der Waals surface area contributed by atoms with Gasteiger partial charge in [0.15, 0.2) is 0 Å². The van der Waals surface area contributed by atoms with Gasteiger partial charge < -0.3 is 10.1 Å². The lowest BCUT2D eigenvalue weighted by atomic mass is 10.2. The average molecular weight is 409 g/mol. The number of fused-ring (bicyclic) bond motifs is 1. The summed E-state index contributed by atoms with van der Waals surface area (Å²) in [5.74, 6) is 0.811. The van der Waals surface area contributed by atoms with Crippen molar-refractivity contribution in [1.82, 2.24) is 14.6 Å². The number of nitrogens with one attached hydrogen (secondary N) is 1. The number of nitrogens with zero attached hydrogens (tertiary/aromatic N) is 3. The Morgan fingerprint density at radius 2 is 2.12 bits per heavy atom. The zero-order valence-corrected chi connectivity index (χ0v) is 15.6. The van der Waals surface area contributed by atoms with E-state index in [0.717, 1.165) is 28.8 Å². The smallest absolute Gasteiger partial charge is 0.275 e. The Morgan fingerprint density at radius 1 is 1.33 bits per heavy atom. The molecule has 1 N–H and O–H groups in total. The molecule has 0 spiro atoms. The van der Waals surface area contributed by atoms with Crippen molar-refractivity contribution in [3.63, 3.8) is 0 Å². The number of aromatic nitrogens is 3. The number of ether oxygens (including phenoxy) is 1. The van der Waals surface area contributed by atoms with Crippen LogP contribution in [0.4, 0.5) is 5.13 Å². The molecule has 0 aliphatic rings. The van der Waals surface area contributed by atoms with E-state index < -0.39 is 0 Å². The summed E-state index contributed by atoms with van der Waals surface area (Å²) in [6.07, 6.45) is 1.76. The van der Waals surface area contributed by atoms with Crippen LogP contribution in [0.15, 0.2) is 39.6 Å². The van der Waals surface area contributed by atoms with Crippen molar-refractivity contribution in [1.29, 1.82) is 0 Å². The predicted molar refractivity (Wildman–Crippen MR) is 99.3 cm³/mol. The Labute approximate surface area is 151 Å². The molecule has 0 aliphatic heterocycles. The van der Waals surface area contributed by atoms with Crippen LogP contribution >= 0.6 is 27.3 Å². The van der Waals surface area contributed by atoms with E-state index in [1.54, 1.807) is 6.07 Å². The molecule has 0 radical (unpaired) electrons. The van der Waals surface area contributed by atoms with Gasteiger partial charge in [0.05, 0.1) is 6.54 Å². The van der Waals surface area contributed by atoms with Gasteiger partial charge in [-0.15, -0.1) is 5.10 Å². The minimum absolute atomic E-state index is 0.140. The number of anilines is 1. The second kappa shape index (κ2) is 7.76. The molecule has 126 valence electrons. The SMILES string of the molecule is CCCc1cc(=O)n2nc(NCCOc3ccc(Br)cc3)sc2n1. The van der Waals surface area contributed by atoms with Crippen LogP contribution in [0.3, 0.4) is 0 Å². The standard InChI is InChI=1S/C16H17BrN4O2S/c1-2-3-12-10-14(22)21-16(19-12)24-15(20-21)18-8-9-23-13-6-4-11(17)5-7-13/h4-7,10H,2-3,8-9H2,1H3,(H,18,20). The van der Waals surface area contributed by atoms with Gasteiger partial charge in [0.2, 0.25) is 10.1 Å². The van der Waals surface area contributed by atoms with Gasteiger partial charge >= 0.3 is 0 Å². The maximum absolute atomic E-state index is 12.0. The summed E-state index contributed by atoms with van der Waals surface area (Å²) >= 11 is 4.75. The zero-order chi connectivity index (χ0) is 16.9. The van der Waals surface area contributed by atoms with E-state index in [9.17, 15) is 4.79 Å². The van der Waals surface area contributed by atoms with Crippen molar-refractivity contribution in [3.8, 4) is 5.75 Å². The highest BCUT2D eigenvalue weighted by Gasteiger charge is 2.08. The van der Waals surface area contributed by atoms with E-state index in [1.165, 1.54) is 15.9 Å². The zero-order valence-electron chi connectivity index (χ0n) is 13.2. The van der Waals surface area contributed by atoms with Gasteiger partial charge in [0, 0.05) is 16.2 Å². The van der Waals surface area contributed by atoms with Crippen molar-refractivity contribution in [2.45, 2.75) is 19.8 Å². The summed E-state index contributed by atoms with van der Waals surface area (Å²) < 4.78 is 7.99. The molecule has 24 heavy (non-hydrogen) atoms. The highest BCUT2D eigenvalue weighted by atomic mass is 79.9.